The molecular weight excluding hydrogens is 401 g/mol. The highest BCUT2D eigenvalue weighted by molar-refractivity contribution is 7.90. The minimum absolute atomic E-state index is 0.0834. The van der Waals surface area contributed by atoms with Gasteiger partial charge in [-0.1, -0.05) is 57.2 Å². The maximum Gasteiger partial charge on any atom is 0.220 e. The van der Waals surface area contributed by atoms with Crippen LogP contribution < -0.4 is 9.62 Å². The maximum absolute atomic E-state index is 14.1. The van der Waals surface area contributed by atoms with E-state index >= 15 is 0 Å². The number of anilines is 1. The monoisotopic (exact) mass is 431 g/mol. The molecule has 2 fully saturated rings. The van der Waals surface area contributed by atoms with E-state index in [0.29, 0.717) is 37.8 Å². The molecule has 2 aromatic carbocycles. The first-order chi connectivity index (χ1) is 14.3. The largest absolute Gasteiger partial charge is 0.367 e. The van der Waals surface area contributed by atoms with Crippen molar-refractivity contribution in [1.82, 2.24) is 9.62 Å². The molecule has 3 unspecified atom stereocenters. The van der Waals surface area contributed by atoms with Crippen LogP contribution in [0.25, 0.3) is 0 Å². The lowest BCUT2D eigenvalue weighted by molar-refractivity contribution is 0.140. The summed E-state index contributed by atoms with van der Waals surface area (Å²) in [6.45, 7) is 8.96. The lowest BCUT2D eigenvalue weighted by Gasteiger charge is -2.40. The van der Waals surface area contributed by atoms with Gasteiger partial charge in [-0.2, -0.15) is 4.72 Å². The fourth-order valence-electron chi connectivity index (χ4n) is 4.71. The van der Waals surface area contributed by atoms with Crippen LogP contribution in [0.15, 0.2) is 48.5 Å². The van der Waals surface area contributed by atoms with E-state index in [1.165, 1.54) is 11.6 Å². The molecule has 2 aromatic rings. The zero-order valence-electron chi connectivity index (χ0n) is 17.8. The van der Waals surface area contributed by atoms with Gasteiger partial charge in [-0.3, -0.25) is 4.90 Å². The van der Waals surface area contributed by atoms with Crippen LogP contribution in [0.1, 0.15) is 43.1 Å². The number of benzene rings is 2. The van der Waals surface area contributed by atoms with Crippen molar-refractivity contribution in [2.45, 2.75) is 38.1 Å². The summed E-state index contributed by atoms with van der Waals surface area (Å²) in [5.74, 6) is 0.110. The molecule has 0 spiro atoms. The van der Waals surface area contributed by atoms with Crippen LogP contribution in [0.3, 0.4) is 0 Å². The van der Waals surface area contributed by atoms with E-state index in [9.17, 15) is 12.8 Å². The number of nitrogens with zero attached hydrogens (tertiary/aromatic N) is 2. The summed E-state index contributed by atoms with van der Waals surface area (Å²) in [4.78, 5) is 4.21. The van der Waals surface area contributed by atoms with Crippen LogP contribution in [0.2, 0.25) is 0 Å². The number of para-hydroxylation sites is 1. The fourth-order valence-corrected chi connectivity index (χ4v) is 6.78. The minimum atomic E-state index is -3.46. The first-order valence-corrected chi connectivity index (χ1v) is 12.2. The van der Waals surface area contributed by atoms with E-state index in [2.05, 4.69) is 23.5 Å². The van der Waals surface area contributed by atoms with E-state index < -0.39 is 15.3 Å². The number of halogens is 1. The van der Waals surface area contributed by atoms with Crippen molar-refractivity contribution >= 4 is 15.7 Å². The van der Waals surface area contributed by atoms with Crippen molar-refractivity contribution in [1.29, 1.82) is 0 Å². The molecule has 0 saturated carbocycles. The molecule has 1 N–H and O–H groups in total. The van der Waals surface area contributed by atoms with Gasteiger partial charge in [0.05, 0.1) is 11.9 Å². The Morgan fingerprint density at radius 2 is 1.63 bits per heavy atom. The molecule has 2 aliphatic heterocycles. The number of nitrogens with one attached hydrogen (secondary N) is 1. The SMILES string of the molecule is CC(C)c1ccc(C2C(C)C(N3CCN(c4ccccc4F)CC3)NS2(=O)=O)cc1. The summed E-state index contributed by atoms with van der Waals surface area (Å²) in [5.41, 5.74) is 2.66. The average molecular weight is 432 g/mol. The van der Waals surface area contributed by atoms with Gasteiger partial charge >= 0.3 is 0 Å². The van der Waals surface area contributed by atoms with Crippen molar-refractivity contribution in [2.24, 2.45) is 5.92 Å². The quantitative estimate of drug-likeness (QED) is 0.802. The van der Waals surface area contributed by atoms with Gasteiger partial charge in [0, 0.05) is 32.1 Å². The molecule has 0 aromatic heterocycles. The zero-order valence-corrected chi connectivity index (χ0v) is 18.6. The second kappa shape index (κ2) is 8.29. The van der Waals surface area contributed by atoms with Crippen molar-refractivity contribution < 1.29 is 12.8 Å². The molecule has 7 heteroatoms. The Kier molecular flexibility index (Phi) is 5.88. The topological polar surface area (TPSA) is 52.6 Å². The molecule has 2 heterocycles. The molecule has 162 valence electrons. The Bertz CT molecular complexity index is 986. The standard InChI is InChI=1S/C23H30FN3O2S/c1-16(2)18-8-10-19(11-9-18)22-17(3)23(25-30(22,28)29)27-14-12-26(13-15-27)21-7-5-4-6-20(21)24/h4-11,16-17,22-23,25H,12-15H2,1-3H3. The highest BCUT2D eigenvalue weighted by Gasteiger charge is 2.47. The van der Waals surface area contributed by atoms with Gasteiger partial charge in [-0.25, -0.2) is 12.8 Å². The average Bonchev–Trinajstić information content (AvgIpc) is 2.97. The highest BCUT2D eigenvalue weighted by atomic mass is 32.2. The molecule has 30 heavy (non-hydrogen) atoms. The van der Waals surface area contributed by atoms with Crippen molar-refractivity contribution in [3.8, 4) is 0 Å². The Balaban J connectivity index is 1.48. The molecule has 5 nitrogen and oxygen atoms in total. The second-order valence-electron chi connectivity index (χ2n) is 8.68. The summed E-state index contributed by atoms with van der Waals surface area (Å²) in [5, 5.41) is -0.562. The van der Waals surface area contributed by atoms with Gasteiger partial charge in [0.2, 0.25) is 10.0 Å². The van der Waals surface area contributed by atoms with E-state index in [-0.39, 0.29) is 17.9 Å². The Morgan fingerprint density at radius 3 is 2.23 bits per heavy atom. The molecule has 0 radical (unpaired) electrons. The molecule has 2 aliphatic rings. The third-order valence-corrected chi connectivity index (χ3v) is 8.37. The highest BCUT2D eigenvalue weighted by Crippen LogP contribution is 2.39. The Labute approximate surface area is 178 Å². The van der Waals surface area contributed by atoms with Crippen LogP contribution in [0, 0.1) is 11.7 Å². The van der Waals surface area contributed by atoms with E-state index in [4.69, 9.17) is 0 Å². The Morgan fingerprint density at radius 1 is 1.00 bits per heavy atom. The first-order valence-electron chi connectivity index (χ1n) is 10.6. The predicted octanol–water partition coefficient (Wildman–Crippen LogP) is 3.71. The molecule has 2 saturated heterocycles. The van der Waals surface area contributed by atoms with Gasteiger partial charge in [-0.15, -0.1) is 0 Å². The zero-order chi connectivity index (χ0) is 21.5. The third-order valence-electron chi connectivity index (χ3n) is 6.43. The number of sulfonamides is 1. The van der Waals surface area contributed by atoms with Crippen LogP contribution in [-0.4, -0.2) is 45.7 Å². The minimum Gasteiger partial charge on any atom is -0.367 e. The van der Waals surface area contributed by atoms with Gasteiger partial charge in [0.25, 0.3) is 0 Å². The Hall–Kier alpha value is -1.96. The predicted molar refractivity (Wildman–Crippen MR) is 118 cm³/mol. The summed E-state index contributed by atoms with van der Waals surface area (Å²) < 4.78 is 43.0. The van der Waals surface area contributed by atoms with E-state index in [1.54, 1.807) is 12.1 Å². The van der Waals surface area contributed by atoms with Crippen LogP contribution in [-0.2, 0) is 10.0 Å². The summed E-state index contributed by atoms with van der Waals surface area (Å²) in [6.07, 6.45) is -0.243. The van der Waals surface area contributed by atoms with Gasteiger partial charge < -0.3 is 4.90 Å². The third kappa shape index (κ3) is 3.98. The van der Waals surface area contributed by atoms with E-state index in [0.717, 1.165) is 5.56 Å². The first kappa shape index (κ1) is 21.3. The van der Waals surface area contributed by atoms with E-state index in [1.807, 2.05) is 42.2 Å². The molecule has 0 bridgehead atoms. The second-order valence-corrected chi connectivity index (χ2v) is 10.5. The number of hydrogen-bond acceptors (Lipinski definition) is 4. The normalized spacial score (nSPS) is 27.0. The summed E-state index contributed by atoms with van der Waals surface area (Å²) in [7, 11) is -3.46. The number of rotatable bonds is 4. The molecule has 0 aliphatic carbocycles. The smallest absolute Gasteiger partial charge is 0.220 e. The van der Waals surface area contributed by atoms with Crippen molar-refractivity contribution in [3.63, 3.8) is 0 Å². The van der Waals surface area contributed by atoms with Crippen molar-refractivity contribution in [3.05, 3.63) is 65.5 Å². The molecular formula is C23H30FN3O2S. The van der Waals surface area contributed by atoms with Gasteiger partial charge in [0.1, 0.15) is 11.1 Å². The maximum atomic E-state index is 14.1. The lowest BCUT2D eigenvalue weighted by atomic mass is 9.94. The number of hydrogen-bond donors (Lipinski definition) is 1. The molecule has 0 amide bonds. The van der Waals surface area contributed by atoms with Crippen LogP contribution in [0.4, 0.5) is 10.1 Å². The van der Waals surface area contributed by atoms with Crippen LogP contribution >= 0.6 is 0 Å². The molecule has 3 atom stereocenters. The molecule has 4 rings (SSSR count). The number of piperazine rings is 1. The summed E-state index contributed by atoms with van der Waals surface area (Å²) >= 11 is 0. The summed E-state index contributed by atoms with van der Waals surface area (Å²) in [6, 6.07) is 14.8. The van der Waals surface area contributed by atoms with Crippen LogP contribution in [0.5, 0.6) is 0 Å². The fraction of sp³-hybridized carbons (Fsp3) is 0.478. The van der Waals surface area contributed by atoms with Crippen molar-refractivity contribution in [2.75, 3.05) is 31.1 Å². The lowest BCUT2D eigenvalue weighted by Crippen LogP contribution is -2.55. The van der Waals surface area contributed by atoms with Gasteiger partial charge in [0.15, 0.2) is 0 Å². The van der Waals surface area contributed by atoms with Gasteiger partial charge in [-0.05, 0) is 29.2 Å².